The lowest BCUT2D eigenvalue weighted by Crippen LogP contribution is -2.50. The highest BCUT2D eigenvalue weighted by Gasteiger charge is 2.73. The van der Waals surface area contributed by atoms with Crippen LogP contribution in [0.2, 0.25) is 0 Å². The van der Waals surface area contributed by atoms with Crippen LogP contribution in [0.15, 0.2) is 72.8 Å². The first-order valence-corrected chi connectivity index (χ1v) is 17.4. The normalized spacial score (nSPS) is 26.3. The second-order valence-electron chi connectivity index (χ2n) is 14.9. The molecule has 4 aliphatic heterocycles. The van der Waals surface area contributed by atoms with Gasteiger partial charge in [0.25, 0.3) is 11.8 Å². The van der Waals surface area contributed by atoms with Crippen molar-refractivity contribution in [2.45, 2.75) is 79.6 Å². The summed E-state index contributed by atoms with van der Waals surface area (Å²) in [5.41, 5.74) is 10.5. The molecule has 8 heteroatoms. The van der Waals surface area contributed by atoms with Crippen LogP contribution in [-0.4, -0.2) is 45.7 Å². The van der Waals surface area contributed by atoms with Crippen molar-refractivity contribution in [3.05, 3.63) is 128 Å². The first kappa shape index (κ1) is 32.3. The number of benzene rings is 4. The third kappa shape index (κ3) is 4.44. The predicted octanol–water partition coefficient (Wildman–Crippen LogP) is 6.60. The van der Waals surface area contributed by atoms with Crippen molar-refractivity contribution in [2.24, 2.45) is 11.8 Å². The number of aryl methyl sites for hydroxylation is 8. The number of carbonyl (C=O) groups is 4. The fraction of sp³-hybridized carbons (Fsp3) is 0.333. The zero-order valence-electron chi connectivity index (χ0n) is 29.8. The van der Waals surface area contributed by atoms with Gasteiger partial charge in [0, 0.05) is 0 Å². The van der Waals surface area contributed by atoms with E-state index in [0.29, 0.717) is 11.4 Å². The zero-order valence-corrected chi connectivity index (χ0v) is 29.8. The van der Waals surface area contributed by atoms with Crippen molar-refractivity contribution in [1.82, 2.24) is 10.0 Å². The Hall–Kier alpha value is -4.92. The summed E-state index contributed by atoms with van der Waals surface area (Å²) in [6.07, 6.45) is 0. The lowest BCUT2D eigenvalue weighted by molar-refractivity contribution is -0.136. The maximum Gasteiger partial charge on any atom is 0.253 e. The average Bonchev–Trinajstić information content (AvgIpc) is 3.71. The lowest BCUT2D eigenvalue weighted by atomic mass is 9.84. The van der Waals surface area contributed by atoms with Crippen LogP contribution in [0.25, 0.3) is 0 Å². The maximum atomic E-state index is 14.9. The number of amides is 4. The Morgan fingerprint density at radius 2 is 0.680 bits per heavy atom. The molecule has 4 aliphatic rings. The minimum absolute atomic E-state index is 0.284. The predicted molar refractivity (Wildman–Crippen MR) is 192 cm³/mol. The second-order valence-corrected chi connectivity index (χ2v) is 14.9. The van der Waals surface area contributed by atoms with Gasteiger partial charge in [0.05, 0.1) is 35.3 Å². The molecule has 8 nitrogen and oxygen atoms in total. The smallest absolute Gasteiger partial charge is 0.253 e. The van der Waals surface area contributed by atoms with E-state index in [-0.39, 0.29) is 23.6 Å². The molecule has 0 saturated carbocycles. The highest BCUT2D eigenvalue weighted by atomic mass is 16.2. The van der Waals surface area contributed by atoms with Gasteiger partial charge < -0.3 is 0 Å². The van der Waals surface area contributed by atoms with E-state index in [1.807, 2.05) is 138 Å². The van der Waals surface area contributed by atoms with Gasteiger partial charge in [-0.3, -0.25) is 19.2 Å². The Balaban J connectivity index is 1.35. The molecule has 8 rings (SSSR count). The highest BCUT2D eigenvalue weighted by Crippen LogP contribution is 2.60. The van der Waals surface area contributed by atoms with Crippen LogP contribution in [0.1, 0.15) is 67.7 Å². The van der Waals surface area contributed by atoms with Gasteiger partial charge in [-0.05, 0) is 88.8 Å². The summed E-state index contributed by atoms with van der Waals surface area (Å²) in [5, 5.41) is 3.91. The summed E-state index contributed by atoms with van der Waals surface area (Å²) in [5.74, 6) is -2.80. The summed E-state index contributed by atoms with van der Waals surface area (Å²) in [7, 11) is 0. The molecule has 6 unspecified atom stereocenters. The molecule has 0 aliphatic carbocycles. The van der Waals surface area contributed by atoms with Crippen LogP contribution in [0.4, 0.5) is 11.4 Å². The van der Waals surface area contributed by atoms with E-state index in [9.17, 15) is 19.2 Å². The van der Waals surface area contributed by atoms with Gasteiger partial charge >= 0.3 is 0 Å². The van der Waals surface area contributed by atoms with E-state index in [0.717, 1.165) is 55.6 Å². The van der Waals surface area contributed by atoms with Crippen molar-refractivity contribution in [3.8, 4) is 0 Å². The number of hydrogen-bond donors (Lipinski definition) is 0. The van der Waals surface area contributed by atoms with Crippen molar-refractivity contribution in [1.29, 1.82) is 0 Å². The van der Waals surface area contributed by atoms with E-state index in [2.05, 4.69) is 0 Å². The van der Waals surface area contributed by atoms with E-state index in [1.54, 1.807) is 0 Å². The van der Waals surface area contributed by atoms with E-state index >= 15 is 0 Å². The summed E-state index contributed by atoms with van der Waals surface area (Å²) in [6.45, 7) is 15.8. The summed E-state index contributed by atoms with van der Waals surface area (Å²) < 4.78 is 0. The molecule has 4 amide bonds. The van der Waals surface area contributed by atoms with Gasteiger partial charge in [0.15, 0.2) is 0 Å². The molecular formula is C42H42N4O4. The number of carbonyl (C=O) groups excluding carboxylic acids is 4. The number of imide groups is 2. The van der Waals surface area contributed by atoms with E-state index in [4.69, 9.17) is 0 Å². The number of rotatable bonds is 4. The lowest BCUT2D eigenvalue weighted by Gasteiger charge is -2.36. The first-order chi connectivity index (χ1) is 23.8. The number of hydrogen-bond acceptors (Lipinski definition) is 6. The van der Waals surface area contributed by atoms with Crippen LogP contribution in [-0.2, 0) is 19.2 Å². The van der Waals surface area contributed by atoms with Gasteiger partial charge in [-0.25, -0.2) is 19.8 Å². The Kier molecular flexibility index (Phi) is 7.30. The van der Waals surface area contributed by atoms with Crippen molar-refractivity contribution < 1.29 is 19.2 Å². The quantitative estimate of drug-likeness (QED) is 0.229. The van der Waals surface area contributed by atoms with Crippen molar-refractivity contribution in [3.63, 3.8) is 0 Å². The number of anilines is 2. The monoisotopic (exact) mass is 666 g/mol. The third-order valence-corrected chi connectivity index (χ3v) is 11.3. The molecular weight excluding hydrogens is 624 g/mol. The zero-order chi connectivity index (χ0) is 35.5. The molecule has 254 valence electrons. The Labute approximate surface area is 293 Å². The summed E-state index contributed by atoms with van der Waals surface area (Å²) in [4.78, 5) is 62.4. The third-order valence-electron chi connectivity index (χ3n) is 11.3. The Morgan fingerprint density at radius 3 is 0.980 bits per heavy atom. The molecule has 4 aromatic rings. The molecule has 0 N–H and O–H groups in total. The van der Waals surface area contributed by atoms with Gasteiger partial charge in [-0.15, -0.1) is 0 Å². The molecule has 4 aromatic carbocycles. The van der Waals surface area contributed by atoms with Gasteiger partial charge in [0.2, 0.25) is 11.8 Å². The number of fused-ring (bicyclic) bond motifs is 5. The molecule has 0 bridgehead atoms. The van der Waals surface area contributed by atoms with Crippen molar-refractivity contribution >= 4 is 35.0 Å². The fourth-order valence-corrected chi connectivity index (χ4v) is 9.52. The van der Waals surface area contributed by atoms with E-state index in [1.165, 1.54) is 9.80 Å². The minimum atomic E-state index is -0.900. The molecule has 4 fully saturated rings. The van der Waals surface area contributed by atoms with Crippen LogP contribution < -0.4 is 9.80 Å². The van der Waals surface area contributed by atoms with Crippen LogP contribution >= 0.6 is 0 Å². The average molecular weight is 667 g/mol. The van der Waals surface area contributed by atoms with Crippen LogP contribution in [0.5, 0.6) is 0 Å². The molecule has 0 radical (unpaired) electrons. The van der Waals surface area contributed by atoms with Gasteiger partial charge in [-0.2, -0.15) is 0 Å². The summed E-state index contributed by atoms with van der Waals surface area (Å²) in [6, 6.07) is 20.9. The van der Waals surface area contributed by atoms with Gasteiger partial charge in [0.1, 0.15) is 12.1 Å². The fourth-order valence-electron chi connectivity index (χ4n) is 9.52. The van der Waals surface area contributed by atoms with Gasteiger partial charge in [-0.1, -0.05) is 95.1 Å². The Bertz CT molecular complexity index is 1940. The first-order valence-electron chi connectivity index (χ1n) is 17.4. The maximum absolute atomic E-state index is 14.9. The molecule has 6 atom stereocenters. The van der Waals surface area contributed by atoms with Crippen molar-refractivity contribution in [2.75, 3.05) is 9.80 Å². The van der Waals surface area contributed by atoms with Crippen LogP contribution in [0, 0.1) is 67.2 Å². The highest BCUT2D eigenvalue weighted by molar-refractivity contribution is 6.27. The molecule has 0 aromatic heterocycles. The summed E-state index contributed by atoms with van der Waals surface area (Å²) >= 11 is 0. The topological polar surface area (TPSA) is 81.2 Å². The molecule has 50 heavy (non-hydrogen) atoms. The standard InChI is InChI=1S/C42H42N4O4/c1-21-9-13-29(14-10-21)35-31-37(41(49)43(39(31)47)33-25(5)17-23(3)18-26(33)6)46-36(30-15-11-22(2)12-16-30)32-38(45(35)46)42(50)44(40(32)48)34-27(7)19-24(4)20-28(34)8/h9-20,31-32,35-38H,1-8H3. The van der Waals surface area contributed by atoms with Crippen LogP contribution in [0.3, 0.4) is 0 Å². The van der Waals surface area contributed by atoms with E-state index < -0.39 is 36.0 Å². The second kappa shape index (κ2) is 11.3. The molecule has 4 heterocycles. The molecule has 0 spiro atoms. The number of hydrazine groups is 1. The minimum Gasteiger partial charge on any atom is -0.274 e. The number of nitrogens with zero attached hydrogens (tertiary/aromatic N) is 4. The Morgan fingerprint density at radius 1 is 0.380 bits per heavy atom. The molecule has 4 saturated heterocycles. The largest absolute Gasteiger partial charge is 0.274 e. The SMILES string of the molecule is Cc1ccc(C2C3C(=O)N(c4c(C)cc(C)cc4C)C(=O)C3N3C(c4ccc(C)cc4)C4C(=O)N(c5c(C)cc(C)cc5C)C(=O)C4N23)cc1.